The van der Waals surface area contributed by atoms with Gasteiger partial charge in [-0.15, -0.1) is 11.3 Å². The molecule has 0 radical (unpaired) electrons. The minimum atomic E-state index is -0.473. The van der Waals surface area contributed by atoms with E-state index in [9.17, 15) is 9.59 Å². The number of hydrogen-bond donors (Lipinski definition) is 0. The topological polar surface area (TPSA) is 61.2 Å². The van der Waals surface area contributed by atoms with Gasteiger partial charge in [-0.05, 0) is 43.2 Å². The van der Waals surface area contributed by atoms with E-state index >= 15 is 0 Å². The van der Waals surface area contributed by atoms with Crippen molar-refractivity contribution in [3.63, 3.8) is 0 Å². The lowest BCUT2D eigenvalue weighted by molar-refractivity contribution is 0.0739. The first kappa shape index (κ1) is 16.9. The third-order valence-corrected chi connectivity index (χ3v) is 5.30. The number of esters is 1. The second-order valence-electron chi connectivity index (χ2n) is 5.32. The fourth-order valence-electron chi connectivity index (χ4n) is 2.41. The number of thiophene rings is 1. The summed E-state index contributed by atoms with van der Waals surface area (Å²) in [6.45, 7) is 4.37. The van der Waals surface area contributed by atoms with Crippen LogP contribution in [0.1, 0.15) is 28.6 Å². The van der Waals surface area contributed by atoms with Gasteiger partial charge >= 0.3 is 5.97 Å². The summed E-state index contributed by atoms with van der Waals surface area (Å²) in [6, 6.07) is 7.00. The van der Waals surface area contributed by atoms with Gasteiger partial charge < -0.3 is 4.74 Å². The van der Waals surface area contributed by atoms with E-state index < -0.39 is 5.97 Å². The van der Waals surface area contributed by atoms with E-state index in [0.29, 0.717) is 33.0 Å². The van der Waals surface area contributed by atoms with Crippen molar-refractivity contribution in [3.05, 3.63) is 55.9 Å². The molecule has 0 saturated heterocycles. The summed E-state index contributed by atoms with van der Waals surface area (Å²) in [4.78, 5) is 30.3. The smallest absolute Gasteiger partial charge is 0.354 e. The highest BCUT2D eigenvalue weighted by Crippen LogP contribution is 2.28. The molecule has 0 aliphatic rings. The number of nitrogens with zero attached hydrogens (tertiary/aromatic N) is 2. The largest absolute Gasteiger partial charge is 0.422 e. The number of carbonyl (C=O) groups excluding carboxylic acids is 1. The van der Waals surface area contributed by atoms with Gasteiger partial charge in [0, 0.05) is 11.0 Å². The molecule has 0 saturated carbocycles. The quantitative estimate of drug-likeness (QED) is 0.482. The Hall–Kier alpha value is -1.99. The van der Waals surface area contributed by atoms with Gasteiger partial charge in [0.2, 0.25) is 0 Å². The van der Waals surface area contributed by atoms with Crippen LogP contribution in [0.3, 0.4) is 0 Å². The summed E-state index contributed by atoms with van der Waals surface area (Å²) < 4.78 is 7.88. The summed E-state index contributed by atoms with van der Waals surface area (Å²) in [7, 11) is 0. The predicted octanol–water partition coefficient (Wildman–Crippen LogP) is 4.16. The lowest BCUT2D eigenvalue weighted by Gasteiger charge is -2.04. The van der Waals surface area contributed by atoms with Crippen LogP contribution in [-0.4, -0.2) is 15.5 Å². The number of aromatic nitrogens is 2. The molecule has 0 amide bonds. The molecule has 0 aliphatic carbocycles. The molecule has 2 aromatic heterocycles. The molecule has 2 heterocycles. The molecule has 124 valence electrons. The average molecular weight is 407 g/mol. The summed E-state index contributed by atoms with van der Waals surface area (Å²) in [6.07, 6.45) is 2.38. The summed E-state index contributed by atoms with van der Waals surface area (Å²) >= 11 is 4.52. The molecule has 0 bridgehead atoms. The maximum absolute atomic E-state index is 12.5. The maximum Gasteiger partial charge on any atom is 0.354 e. The number of hydrogen-bond acceptors (Lipinski definition) is 5. The van der Waals surface area contributed by atoms with E-state index in [1.54, 1.807) is 35.8 Å². The molecule has 7 heteroatoms. The molecule has 1 aromatic carbocycles. The van der Waals surface area contributed by atoms with E-state index in [0.717, 1.165) is 10.9 Å². The molecule has 3 rings (SSSR count). The van der Waals surface area contributed by atoms with Crippen molar-refractivity contribution >= 4 is 43.5 Å². The normalized spacial score (nSPS) is 11.0. The molecular weight excluding hydrogens is 392 g/mol. The Labute approximate surface area is 151 Å². The van der Waals surface area contributed by atoms with Crippen LogP contribution in [0, 0.1) is 6.92 Å². The molecule has 0 atom stereocenters. The third kappa shape index (κ3) is 3.14. The fourth-order valence-corrected chi connectivity index (χ4v) is 3.69. The first-order valence-corrected chi connectivity index (χ1v) is 9.08. The summed E-state index contributed by atoms with van der Waals surface area (Å²) in [5, 5.41) is 0.499. The zero-order valence-electron chi connectivity index (χ0n) is 13.2. The van der Waals surface area contributed by atoms with Crippen LogP contribution in [0.2, 0.25) is 0 Å². The minimum absolute atomic E-state index is 0.113. The molecule has 0 unspecified atom stereocenters. The number of ether oxygens (including phenoxy) is 1. The van der Waals surface area contributed by atoms with E-state index in [-0.39, 0.29) is 5.56 Å². The Morgan fingerprint density at radius 3 is 2.71 bits per heavy atom. The zero-order valence-corrected chi connectivity index (χ0v) is 15.6. The van der Waals surface area contributed by atoms with E-state index in [1.807, 2.05) is 6.92 Å². The van der Waals surface area contributed by atoms with Crippen molar-refractivity contribution in [2.24, 2.45) is 0 Å². The number of fused-ring (bicyclic) bond motifs is 1. The third-order valence-electron chi connectivity index (χ3n) is 3.59. The molecule has 24 heavy (non-hydrogen) atoms. The highest BCUT2D eigenvalue weighted by Gasteiger charge is 2.21. The lowest BCUT2D eigenvalue weighted by Crippen LogP contribution is -2.20. The number of aryl methyl sites for hydroxylation is 2. The maximum atomic E-state index is 12.5. The van der Waals surface area contributed by atoms with E-state index in [1.165, 1.54) is 17.7 Å². The van der Waals surface area contributed by atoms with Crippen LogP contribution in [0.25, 0.3) is 10.2 Å². The lowest BCUT2D eigenvalue weighted by atomic mass is 10.2. The predicted molar refractivity (Wildman–Crippen MR) is 98.0 cm³/mol. The Bertz CT molecular complexity index is 960. The molecule has 0 fully saturated rings. The first-order chi connectivity index (χ1) is 11.5. The van der Waals surface area contributed by atoms with Gasteiger partial charge in [-0.25, -0.2) is 9.78 Å². The van der Waals surface area contributed by atoms with Crippen LogP contribution in [-0.2, 0) is 6.54 Å². The highest BCUT2D eigenvalue weighted by atomic mass is 79.9. The molecule has 0 aliphatic heterocycles. The van der Waals surface area contributed by atoms with Gasteiger partial charge in [0.15, 0.2) is 0 Å². The highest BCUT2D eigenvalue weighted by molar-refractivity contribution is 9.10. The fraction of sp³-hybridized carbons (Fsp3) is 0.235. The monoisotopic (exact) mass is 406 g/mol. The Balaban J connectivity index is 1.99. The molecule has 5 nitrogen and oxygen atoms in total. The van der Waals surface area contributed by atoms with Gasteiger partial charge in [-0.1, -0.05) is 22.9 Å². The minimum Gasteiger partial charge on any atom is -0.422 e. The van der Waals surface area contributed by atoms with Crippen LogP contribution in [0.4, 0.5) is 0 Å². The first-order valence-electron chi connectivity index (χ1n) is 7.47. The molecule has 0 spiro atoms. The number of carbonyl (C=O) groups is 1. The van der Waals surface area contributed by atoms with E-state index in [4.69, 9.17) is 4.74 Å². The van der Waals surface area contributed by atoms with Crippen molar-refractivity contribution in [2.45, 2.75) is 26.8 Å². The second kappa shape index (κ2) is 6.86. The standard InChI is InChI=1S/C17H15BrN2O3S/c1-3-8-20-9-19-15-13(16(20)21)10(2)14(24-15)17(22)23-12-6-4-11(18)5-7-12/h4-7,9H,3,8H2,1-2H3. The van der Waals surface area contributed by atoms with Gasteiger partial charge in [0.25, 0.3) is 5.56 Å². The van der Waals surface area contributed by atoms with Crippen molar-refractivity contribution in [1.82, 2.24) is 9.55 Å². The number of rotatable bonds is 4. The Kier molecular flexibility index (Phi) is 4.82. The van der Waals surface area contributed by atoms with Gasteiger partial charge in [0.1, 0.15) is 15.5 Å². The zero-order chi connectivity index (χ0) is 17.3. The van der Waals surface area contributed by atoms with Gasteiger partial charge in [-0.3, -0.25) is 9.36 Å². The Morgan fingerprint density at radius 2 is 2.04 bits per heavy atom. The van der Waals surface area contributed by atoms with Gasteiger partial charge in [-0.2, -0.15) is 0 Å². The van der Waals surface area contributed by atoms with Crippen molar-refractivity contribution in [1.29, 1.82) is 0 Å². The number of benzene rings is 1. The van der Waals surface area contributed by atoms with Crippen LogP contribution < -0.4 is 10.3 Å². The van der Waals surface area contributed by atoms with Crippen molar-refractivity contribution in [2.75, 3.05) is 0 Å². The molecule has 3 aromatic rings. The van der Waals surface area contributed by atoms with Crippen molar-refractivity contribution < 1.29 is 9.53 Å². The van der Waals surface area contributed by atoms with Crippen LogP contribution in [0.15, 0.2) is 39.9 Å². The van der Waals surface area contributed by atoms with Gasteiger partial charge in [0.05, 0.1) is 11.7 Å². The number of halogens is 1. The summed E-state index contributed by atoms with van der Waals surface area (Å²) in [5.74, 6) is -0.0179. The Morgan fingerprint density at radius 1 is 1.33 bits per heavy atom. The van der Waals surface area contributed by atoms with Crippen LogP contribution >= 0.6 is 27.3 Å². The molecule has 0 N–H and O–H groups in total. The van der Waals surface area contributed by atoms with Crippen LogP contribution in [0.5, 0.6) is 5.75 Å². The second-order valence-corrected chi connectivity index (χ2v) is 7.24. The summed E-state index contributed by atoms with van der Waals surface area (Å²) in [5.41, 5.74) is 0.512. The molecular formula is C17H15BrN2O3S. The van der Waals surface area contributed by atoms with E-state index in [2.05, 4.69) is 20.9 Å². The SMILES string of the molecule is CCCn1cnc2sc(C(=O)Oc3ccc(Br)cc3)c(C)c2c1=O. The van der Waals surface area contributed by atoms with Crippen molar-refractivity contribution in [3.8, 4) is 5.75 Å². The average Bonchev–Trinajstić information content (AvgIpc) is 2.90.